The van der Waals surface area contributed by atoms with Crippen molar-refractivity contribution in [2.75, 3.05) is 13.1 Å². The third kappa shape index (κ3) is 5.72. The number of allylic oxidation sites excluding steroid dienone is 6. The van der Waals surface area contributed by atoms with Gasteiger partial charge in [-0.2, -0.15) is 0 Å². The first-order valence-corrected chi connectivity index (χ1v) is 17.6. The van der Waals surface area contributed by atoms with Crippen molar-refractivity contribution in [2.45, 2.75) is 35.8 Å². The first-order chi connectivity index (χ1) is 23.1. The van der Waals surface area contributed by atoms with E-state index in [0.29, 0.717) is 25.7 Å². The van der Waals surface area contributed by atoms with Crippen molar-refractivity contribution in [1.82, 2.24) is 21.3 Å². The van der Waals surface area contributed by atoms with Gasteiger partial charge in [-0.1, -0.05) is 0 Å². The summed E-state index contributed by atoms with van der Waals surface area (Å²) in [6, 6.07) is 16.3. The number of carbonyl (C=O) groups is 4. The van der Waals surface area contributed by atoms with Crippen LogP contribution in [0.25, 0.3) is 12.2 Å². The summed E-state index contributed by atoms with van der Waals surface area (Å²) < 4.78 is 1.90. The van der Waals surface area contributed by atoms with E-state index in [1.54, 1.807) is 0 Å². The first kappa shape index (κ1) is 32.1. The molecule has 4 aliphatic carbocycles. The van der Waals surface area contributed by atoms with Gasteiger partial charge in [-0.25, -0.2) is 0 Å². The average molecular weight is 709 g/mol. The van der Waals surface area contributed by atoms with Gasteiger partial charge in [-0.15, -0.1) is 0 Å². The molecule has 0 bridgehead atoms. The van der Waals surface area contributed by atoms with Gasteiger partial charge < -0.3 is 0 Å². The second kappa shape index (κ2) is 14.3. The van der Waals surface area contributed by atoms with Crippen molar-refractivity contribution in [3.8, 4) is 0 Å². The zero-order valence-electron chi connectivity index (χ0n) is 25.7. The average Bonchev–Trinajstić information content (AvgIpc) is 3.94. The molecule has 0 saturated carbocycles. The van der Waals surface area contributed by atoms with Crippen molar-refractivity contribution in [2.24, 2.45) is 0 Å². The number of hydrogen-bond donors (Lipinski definition) is 4. The summed E-state index contributed by atoms with van der Waals surface area (Å²) in [7, 11) is 0. The summed E-state index contributed by atoms with van der Waals surface area (Å²) >= 11 is -1.52. The van der Waals surface area contributed by atoms with Gasteiger partial charge in [-0.05, 0) is 0 Å². The van der Waals surface area contributed by atoms with E-state index in [9.17, 15) is 19.2 Å². The molecular weight excluding hydrogens is 672 g/mol. The molecule has 238 valence electrons. The van der Waals surface area contributed by atoms with E-state index >= 15 is 0 Å². The van der Waals surface area contributed by atoms with Gasteiger partial charge in [0.25, 0.3) is 0 Å². The molecule has 4 unspecified atom stereocenters. The van der Waals surface area contributed by atoms with Crippen LogP contribution < -0.4 is 21.3 Å². The number of nitrogens with one attached hydrogen (secondary N) is 4. The van der Waals surface area contributed by atoms with Gasteiger partial charge in [0.2, 0.25) is 0 Å². The summed E-state index contributed by atoms with van der Waals surface area (Å²) in [5, 5.41) is 12.5. The Hall–Kier alpha value is -4.81. The fourth-order valence-corrected chi connectivity index (χ4v) is 11.3. The molecule has 0 aliphatic heterocycles. The Morgan fingerprint density at radius 1 is 0.660 bits per heavy atom. The van der Waals surface area contributed by atoms with Crippen molar-refractivity contribution in [3.63, 3.8) is 0 Å². The van der Waals surface area contributed by atoms with Crippen LogP contribution in [0, 0.1) is 0 Å². The van der Waals surface area contributed by atoms with Gasteiger partial charge >= 0.3 is 283 Å². The fraction of sp³-hybridized carbons (Fsp3) is 0.211. The zero-order valence-corrected chi connectivity index (χ0v) is 27.7. The SMILES string of the molecule is O=CNC[C](=[Mo]=[C](CNC=O)C(NC=O)(C1=CC=CC1)C1C=Cc2ccccc21)C(NC=O)(C1=CC=CC1)C1C=Cc2ccccc21. The van der Waals surface area contributed by atoms with Crippen LogP contribution in [0.3, 0.4) is 0 Å². The maximum atomic E-state index is 12.7. The minimum atomic E-state index is -1.52. The van der Waals surface area contributed by atoms with Crippen LogP contribution in [0.5, 0.6) is 0 Å². The maximum absolute atomic E-state index is 12.7. The molecule has 0 radical (unpaired) electrons. The molecule has 2 aromatic carbocycles. The quantitative estimate of drug-likeness (QED) is 0.158. The van der Waals surface area contributed by atoms with E-state index in [1.165, 1.54) is 0 Å². The Labute approximate surface area is 282 Å². The Bertz CT molecular complexity index is 1720. The Kier molecular flexibility index (Phi) is 9.78. The molecule has 4 N–H and O–H groups in total. The fourth-order valence-electron chi connectivity index (χ4n) is 7.48. The van der Waals surface area contributed by atoms with E-state index in [2.05, 4.69) is 94.1 Å². The van der Waals surface area contributed by atoms with Crippen molar-refractivity contribution < 1.29 is 36.8 Å². The molecule has 0 heterocycles. The Balaban J connectivity index is 1.71. The normalized spacial score (nSPS) is 20.5. The summed E-state index contributed by atoms with van der Waals surface area (Å²) in [4.78, 5) is 49.3. The van der Waals surface area contributed by atoms with Gasteiger partial charge in [0.1, 0.15) is 0 Å². The molecule has 0 spiro atoms. The van der Waals surface area contributed by atoms with Crippen LogP contribution in [0.15, 0.2) is 108 Å². The number of amides is 4. The van der Waals surface area contributed by atoms with Crippen LogP contribution in [0.4, 0.5) is 0 Å². The standard InChI is InChI=1S/2C19H18N2O2.Mo/c2*22-13-20-12-11-19(21-14-23,16-6-2-3-7-16)18-10-9-15-5-1-4-8-17(15)18;/h2*1-6,8-10,13-14,18H,7,12H2,(H,20,22)(H,21,23);. The van der Waals surface area contributed by atoms with Gasteiger partial charge in [-0.3, -0.25) is 0 Å². The molecule has 0 saturated heterocycles. The predicted molar refractivity (Wildman–Crippen MR) is 182 cm³/mol. The number of rotatable bonds is 16. The summed E-state index contributed by atoms with van der Waals surface area (Å²) in [5.41, 5.74) is 4.33. The van der Waals surface area contributed by atoms with Crippen LogP contribution in [0.2, 0.25) is 0 Å². The Morgan fingerprint density at radius 2 is 1.11 bits per heavy atom. The van der Waals surface area contributed by atoms with E-state index < -0.39 is 28.7 Å². The monoisotopic (exact) mass is 710 g/mol. The van der Waals surface area contributed by atoms with E-state index in [-0.39, 0.29) is 24.9 Å². The number of fused-ring (bicyclic) bond motifs is 2. The summed E-state index contributed by atoms with van der Waals surface area (Å²) in [6.45, 7) is 0.402. The molecule has 4 aliphatic rings. The van der Waals surface area contributed by atoms with Crippen molar-refractivity contribution in [1.29, 1.82) is 0 Å². The molecule has 4 atom stereocenters. The minimum absolute atomic E-state index is 0.201. The number of benzene rings is 2. The topological polar surface area (TPSA) is 116 Å². The number of hydrogen-bond acceptors (Lipinski definition) is 4. The van der Waals surface area contributed by atoms with E-state index in [1.807, 2.05) is 36.4 Å². The van der Waals surface area contributed by atoms with E-state index in [0.717, 1.165) is 54.0 Å². The predicted octanol–water partition coefficient (Wildman–Crippen LogP) is 3.27. The second-order valence-electron chi connectivity index (χ2n) is 11.7. The summed E-state index contributed by atoms with van der Waals surface area (Å²) in [5.74, 6) is -0.506. The van der Waals surface area contributed by atoms with Gasteiger partial charge in [0, 0.05) is 0 Å². The second-order valence-corrected chi connectivity index (χ2v) is 14.6. The molecule has 0 fully saturated rings. The van der Waals surface area contributed by atoms with Crippen LogP contribution >= 0.6 is 0 Å². The van der Waals surface area contributed by atoms with Crippen molar-refractivity contribution >= 4 is 45.6 Å². The molecule has 47 heavy (non-hydrogen) atoms. The molecule has 9 heteroatoms. The number of carbonyl (C=O) groups excluding carboxylic acids is 4. The summed E-state index contributed by atoms with van der Waals surface area (Å²) in [6.07, 6.45) is 24.8. The van der Waals surface area contributed by atoms with Crippen LogP contribution in [-0.4, -0.2) is 57.6 Å². The van der Waals surface area contributed by atoms with Gasteiger partial charge in [0.05, 0.1) is 0 Å². The Morgan fingerprint density at radius 3 is 1.49 bits per heavy atom. The first-order valence-electron chi connectivity index (χ1n) is 15.6. The van der Waals surface area contributed by atoms with Crippen molar-refractivity contribution in [3.05, 3.63) is 131 Å². The van der Waals surface area contributed by atoms with Crippen LogP contribution in [-0.2, 0) is 36.8 Å². The van der Waals surface area contributed by atoms with Crippen LogP contribution in [0.1, 0.15) is 46.9 Å². The third-order valence-electron chi connectivity index (χ3n) is 9.48. The molecule has 2 aromatic rings. The molecule has 0 aromatic heterocycles. The molecular formula is C38H36MoN4O4. The third-order valence-corrected chi connectivity index (χ3v) is 13.0. The molecule has 8 nitrogen and oxygen atoms in total. The van der Waals surface area contributed by atoms with Gasteiger partial charge in [0.15, 0.2) is 0 Å². The zero-order chi connectivity index (χ0) is 32.7. The van der Waals surface area contributed by atoms with E-state index in [4.69, 9.17) is 0 Å². The molecule has 6 rings (SSSR count). The molecule has 4 amide bonds.